The molecule has 1 unspecified atom stereocenters. The van der Waals surface area contributed by atoms with Crippen LogP contribution in [0.15, 0.2) is 30.3 Å². The first-order valence-corrected chi connectivity index (χ1v) is 10.9. The fourth-order valence-electron chi connectivity index (χ4n) is 3.60. The molecule has 2 aliphatic heterocycles. The van der Waals surface area contributed by atoms with Crippen LogP contribution >= 0.6 is 11.3 Å². The molecule has 1 aromatic heterocycles. The molecule has 4 rings (SSSR count). The van der Waals surface area contributed by atoms with Crippen LogP contribution in [0.3, 0.4) is 0 Å². The number of amides is 1. The van der Waals surface area contributed by atoms with Crippen LogP contribution in [-0.4, -0.2) is 67.9 Å². The van der Waals surface area contributed by atoms with Gasteiger partial charge in [-0.1, -0.05) is 18.2 Å². The molecule has 1 atom stereocenters. The smallest absolute Gasteiger partial charge is 0.264 e. The molecular weight excluding hydrogens is 344 g/mol. The number of sulfone groups is 1. The van der Waals surface area contributed by atoms with E-state index in [9.17, 15) is 13.2 Å². The van der Waals surface area contributed by atoms with Crippen LogP contribution in [0.4, 0.5) is 0 Å². The van der Waals surface area contributed by atoms with Gasteiger partial charge in [-0.05, 0) is 23.9 Å². The maximum atomic E-state index is 12.7. The highest BCUT2D eigenvalue weighted by molar-refractivity contribution is 7.91. The topological polar surface area (TPSA) is 57.7 Å². The second-order valence-corrected chi connectivity index (χ2v) is 9.85. The van der Waals surface area contributed by atoms with Gasteiger partial charge in [0.25, 0.3) is 5.91 Å². The van der Waals surface area contributed by atoms with Crippen molar-refractivity contribution in [1.82, 2.24) is 9.80 Å². The zero-order valence-electron chi connectivity index (χ0n) is 13.3. The van der Waals surface area contributed by atoms with Gasteiger partial charge < -0.3 is 4.90 Å². The van der Waals surface area contributed by atoms with Gasteiger partial charge in [0.05, 0.1) is 16.4 Å². The number of benzene rings is 1. The number of nitrogens with zero attached hydrogens (tertiary/aromatic N) is 2. The summed E-state index contributed by atoms with van der Waals surface area (Å²) in [6, 6.07) is 10.1. The van der Waals surface area contributed by atoms with E-state index in [1.165, 1.54) is 0 Å². The van der Waals surface area contributed by atoms with Crippen LogP contribution in [0.1, 0.15) is 16.1 Å². The van der Waals surface area contributed by atoms with Crippen molar-refractivity contribution >= 4 is 37.2 Å². The zero-order valence-corrected chi connectivity index (χ0v) is 15.0. The van der Waals surface area contributed by atoms with Crippen molar-refractivity contribution in [3.63, 3.8) is 0 Å². The zero-order chi connectivity index (χ0) is 16.7. The number of rotatable bonds is 2. The molecule has 1 amide bonds. The molecule has 0 bridgehead atoms. The van der Waals surface area contributed by atoms with Crippen molar-refractivity contribution in [2.45, 2.75) is 12.5 Å². The van der Waals surface area contributed by atoms with Gasteiger partial charge in [-0.2, -0.15) is 0 Å². The van der Waals surface area contributed by atoms with Crippen molar-refractivity contribution in [3.05, 3.63) is 35.2 Å². The van der Waals surface area contributed by atoms with Crippen LogP contribution < -0.4 is 0 Å². The minimum absolute atomic E-state index is 0.0925. The lowest BCUT2D eigenvalue weighted by atomic mass is 10.2. The molecule has 1 aromatic carbocycles. The Labute approximate surface area is 145 Å². The Morgan fingerprint density at radius 2 is 1.88 bits per heavy atom. The Morgan fingerprint density at radius 1 is 1.12 bits per heavy atom. The summed E-state index contributed by atoms with van der Waals surface area (Å²) in [5.41, 5.74) is 0. The van der Waals surface area contributed by atoms with Crippen LogP contribution in [0, 0.1) is 0 Å². The van der Waals surface area contributed by atoms with Gasteiger partial charge in [0.1, 0.15) is 0 Å². The molecule has 2 aliphatic rings. The summed E-state index contributed by atoms with van der Waals surface area (Å²) in [6.45, 7) is 2.86. The molecule has 3 heterocycles. The van der Waals surface area contributed by atoms with Gasteiger partial charge in [-0.3, -0.25) is 9.69 Å². The largest absolute Gasteiger partial charge is 0.335 e. The van der Waals surface area contributed by atoms with Crippen molar-refractivity contribution in [1.29, 1.82) is 0 Å². The predicted molar refractivity (Wildman–Crippen MR) is 96.4 cm³/mol. The fourth-order valence-corrected chi connectivity index (χ4v) is 6.39. The van der Waals surface area contributed by atoms with Crippen molar-refractivity contribution < 1.29 is 13.2 Å². The van der Waals surface area contributed by atoms with Gasteiger partial charge in [0.15, 0.2) is 9.84 Å². The first kappa shape index (κ1) is 16.1. The minimum Gasteiger partial charge on any atom is -0.335 e. The summed E-state index contributed by atoms with van der Waals surface area (Å²) in [4.78, 5) is 17.6. The first-order chi connectivity index (χ1) is 11.5. The third kappa shape index (κ3) is 3.08. The quantitative estimate of drug-likeness (QED) is 0.816. The number of thiophene rings is 1. The van der Waals surface area contributed by atoms with Crippen molar-refractivity contribution in [2.24, 2.45) is 0 Å². The van der Waals surface area contributed by atoms with E-state index in [0.29, 0.717) is 18.8 Å². The summed E-state index contributed by atoms with van der Waals surface area (Å²) in [5, 5.41) is 1.11. The number of carbonyl (C=O) groups is 1. The highest BCUT2D eigenvalue weighted by Crippen LogP contribution is 2.27. The van der Waals surface area contributed by atoms with Crippen LogP contribution in [0.2, 0.25) is 0 Å². The van der Waals surface area contributed by atoms with Crippen molar-refractivity contribution in [3.8, 4) is 0 Å². The molecule has 2 aromatic rings. The molecular formula is C17H20N2O3S2. The Bertz CT molecular complexity index is 834. The second-order valence-electron chi connectivity index (χ2n) is 6.53. The third-order valence-corrected chi connectivity index (χ3v) is 7.82. The molecule has 7 heteroatoms. The average molecular weight is 364 g/mol. The Balaban J connectivity index is 1.41. The lowest BCUT2D eigenvalue weighted by Gasteiger charge is -2.37. The predicted octanol–water partition coefficient (Wildman–Crippen LogP) is 1.85. The lowest BCUT2D eigenvalue weighted by molar-refractivity contribution is 0.0592. The van der Waals surface area contributed by atoms with Crippen molar-refractivity contribution in [2.75, 3.05) is 37.7 Å². The maximum Gasteiger partial charge on any atom is 0.264 e. The summed E-state index contributed by atoms with van der Waals surface area (Å²) in [6.07, 6.45) is 0.729. The lowest BCUT2D eigenvalue weighted by Crippen LogP contribution is -2.52. The van der Waals surface area contributed by atoms with Gasteiger partial charge in [0, 0.05) is 36.9 Å². The van der Waals surface area contributed by atoms with E-state index >= 15 is 0 Å². The minimum atomic E-state index is -2.85. The highest BCUT2D eigenvalue weighted by Gasteiger charge is 2.34. The summed E-state index contributed by atoms with van der Waals surface area (Å²) >= 11 is 1.54. The number of piperazine rings is 1. The third-order valence-electron chi connectivity index (χ3n) is 4.96. The summed E-state index contributed by atoms with van der Waals surface area (Å²) in [7, 11) is -2.85. The van der Waals surface area contributed by atoms with E-state index in [1.54, 1.807) is 11.3 Å². The van der Waals surface area contributed by atoms with E-state index < -0.39 is 9.84 Å². The van der Waals surface area contributed by atoms with Gasteiger partial charge >= 0.3 is 0 Å². The first-order valence-electron chi connectivity index (χ1n) is 8.24. The molecule has 128 valence electrons. The second kappa shape index (κ2) is 6.13. The van der Waals surface area contributed by atoms with E-state index in [0.717, 1.165) is 34.5 Å². The van der Waals surface area contributed by atoms with Crippen LogP contribution in [0.5, 0.6) is 0 Å². The van der Waals surface area contributed by atoms with Crippen LogP contribution in [0.25, 0.3) is 10.1 Å². The Kier molecular flexibility index (Phi) is 4.10. The molecule has 2 saturated heterocycles. The standard InChI is InChI=1S/C17H20N2O3S2/c20-17(16-11-13-3-1-2-4-15(13)23-16)19-8-6-18(7-9-19)14-5-10-24(21,22)12-14/h1-4,11,14H,5-10,12H2. The molecule has 0 radical (unpaired) electrons. The van der Waals surface area contributed by atoms with Gasteiger partial charge in [-0.15, -0.1) is 11.3 Å². The molecule has 0 aliphatic carbocycles. The molecule has 24 heavy (non-hydrogen) atoms. The van der Waals surface area contributed by atoms with E-state index in [2.05, 4.69) is 4.90 Å². The highest BCUT2D eigenvalue weighted by atomic mass is 32.2. The summed E-state index contributed by atoms with van der Waals surface area (Å²) < 4.78 is 24.4. The van der Waals surface area contributed by atoms with Gasteiger partial charge in [0.2, 0.25) is 0 Å². The normalized spacial score (nSPS) is 24.5. The average Bonchev–Trinajstić information content (AvgIpc) is 3.17. The number of hydrogen-bond donors (Lipinski definition) is 0. The Morgan fingerprint density at radius 3 is 2.54 bits per heavy atom. The molecule has 0 N–H and O–H groups in total. The van der Waals surface area contributed by atoms with Gasteiger partial charge in [-0.25, -0.2) is 8.42 Å². The molecule has 2 fully saturated rings. The summed E-state index contributed by atoms with van der Waals surface area (Å²) in [5.74, 6) is 0.672. The van der Waals surface area contributed by atoms with E-state index in [4.69, 9.17) is 0 Å². The Hall–Kier alpha value is -1.44. The molecule has 0 spiro atoms. The monoisotopic (exact) mass is 364 g/mol. The number of hydrogen-bond acceptors (Lipinski definition) is 5. The molecule has 5 nitrogen and oxygen atoms in total. The van der Waals surface area contributed by atoms with E-state index in [1.807, 2.05) is 35.2 Å². The number of fused-ring (bicyclic) bond motifs is 1. The molecule has 0 saturated carbocycles. The SMILES string of the molecule is O=C(c1cc2ccccc2s1)N1CCN(C2CCS(=O)(=O)C2)CC1. The fraction of sp³-hybridized carbons (Fsp3) is 0.471. The van der Waals surface area contributed by atoms with E-state index in [-0.39, 0.29) is 17.7 Å². The van der Waals surface area contributed by atoms with Crippen LogP contribution in [-0.2, 0) is 9.84 Å². The number of carbonyl (C=O) groups excluding carboxylic acids is 1. The maximum absolute atomic E-state index is 12.7.